The fourth-order valence-electron chi connectivity index (χ4n) is 5.66. The molecule has 1 aromatic rings. The Kier molecular flexibility index (Phi) is 4.02. The van der Waals surface area contributed by atoms with Crippen molar-refractivity contribution in [2.45, 2.75) is 51.4 Å². The van der Waals surface area contributed by atoms with Gasteiger partial charge in [-0.15, -0.1) is 0 Å². The van der Waals surface area contributed by atoms with Gasteiger partial charge in [-0.3, -0.25) is 9.59 Å². The minimum absolute atomic E-state index is 0.0487. The molecular weight excluding hydrogens is 328 g/mol. The normalized spacial score (nSPS) is 37.1. The van der Waals surface area contributed by atoms with Crippen molar-refractivity contribution in [1.82, 2.24) is 0 Å². The molecule has 0 aromatic heterocycles. The molecule has 1 aromatic carbocycles. The van der Waals surface area contributed by atoms with Gasteiger partial charge in [-0.2, -0.15) is 0 Å². The highest BCUT2D eigenvalue weighted by atomic mass is 16.6. The van der Waals surface area contributed by atoms with Crippen LogP contribution in [0.2, 0.25) is 0 Å². The number of carbonyl (C=O) groups is 2. The molecule has 0 saturated heterocycles. The molecule has 138 valence electrons. The molecule has 4 nitrogen and oxygen atoms in total. The van der Waals surface area contributed by atoms with Crippen LogP contribution < -0.4 is 9.47 Å². The molecular formula is C22H26O4. The number of benzene rings is 1. The van der Waals surface area contributed by atoms with Crippen LogP contribution in [-0.4, -0.2) is 11.9 Å². The van der Waals surface area contributed by atoms with Crippen molar-refractivity contribution in [2.75, 3.05) is 0 Å². The van der Waals surface area contributed by atoms with E-state index in [1.54, 1.807) is 12.1 Å². The van der Waals surface area contributed by atoms with E-state index in [0.29, 0.717) is 35.2 Å². The van der Waals surface area contributed by atoms with Crippen molar-refractivity contribution in [1.29, 1.82) is 0 Å². The van der Waals surface area contributed by atoms with E-state index < -0.39 is 0 Å². The van der Waals surface area contributed by atoms with E-state index in [9.17, 15) is 9.59 Å². The summed E-state index contributed by atoms with van der Waals surface area (Å²) in [7, 11) is 0. The van der Waals surface area contributed by atoms with E-state index in [4.69, 9.17) is 9.47 Å². The lowest BCUT2D eigenvalue weighted by atomic mass is 10.0. The van der Waals surface area contributed by atoms with E-state index in [-0.39, 0.29) is 23.8 Å². The lowest BCUT2D eigenvalue weighted by Crippen LogP contribution is -2.16. The van der Waals surface area contributed by atoms with Crippen molar-refractivity contribution >= 4 is 11.9 Å². The smallest absolute Gasteiger partial charge is 0.315 e. The zero-order valence-electron chi connectivity index (χ0n) is 15.1. The lowest BCUT2D eigenvalue weighted by molar-refractivity contribution is -0.139. The summed E-state index contributed by atoms with van der Waals surface area (Å²) in [6, 6.07) is 7.09. The minimum atomic E-state index is -0.148. The molecule has 4 aliphatic rings. The molecule has 0 N–H and O–H groups in total. The molecule has 0 amide bonds. The summed E-state index contributed by atoms with van der Waals surface area (Å²) in [5.41, 5.74) is 0. The van der Waals surface area contributed by atoms with Crippen molar-refractivity contribution < 1.29 is 19.1 Å². The summed E-state index contributed by atoms with van der Waals surface area (Å²) in [5, 5.41) is 0. The molecule has 0 spiro atoms. The van der Waals surface area contributed by atoms with Crippen LogP contribution >= 0.6 is 0 Å². The predicted molar refractivity (Wildman–Crippen MR) is 95.6 cm³/mol. The van der Waals surface area contributed by atoms with Crippen LogP contribution in [0.1, 0.15) is 51.4 Å². The standard InChI is InChI=1S/C22H26O4/c23-21(19-13-7-1-2-8-14(13)19)25-17-11-5-6-12-18(17)26-22(24)20-15-9-3-4-10-16(15)20/h5-6,11-16,19-20H,1-4,7-10H2/t13-,14+,15-,16+,19?,20?. The highest BCUT2D eigenvalue weighted by Gasteiger charge is 2.57. The van der Waals surface area contributed by atoms with Crippen molar-refractivity contribution in [3.05, 3.63) is 24.3 Å². The van der Waals surface area contributed by atoms with Gasteiger partial charge in [0.1, 0.15) is 0 Å². The molecule has 4 fully saturated rings. The molecule has 0 radical (unpaired) electrons. The Morgan fingerprint density at radius 3 is 1.35 bits per heavy atom. The number of esters is 2. The van der Waals surface area contributed by atoms with Gasteiger partial charge in [0.05, 0.1) is 11.8 Å². The highest BCUT2D eigenvalue weighted by molar-refractivity contribution is 5.82. The Labute approximate surface area is 154 Å². The Bertz CT molecular complexity index is 642. The van der Waals surface area contributed by atoms with Crippen LogP contribution in [0, 0.1) is 35.5 Å². The molecule has 0 aliphatic heterocycles. The maximum absolute atomic E-state index is 12.6. The third-order valence-corrected chi connectivity index (χ3v) is 7.13. The van der Waals surface area contributed by atoms with Gasteiger partial charge >= 0.3 is 11.9 Å². The van der Waals surface area contributed by atoms with Crippen LogP contribution in [0.25, 0.3) is 0 Å². The maximum atomic E-state index is 12.6. The molecule has 4 heteroatoms. The van der Waals surface area contributed by atoms with Gasteiger partial charge in [-0.25, -0.2) is 0 Å². The molecule has 2 unspecified atom stereocenters. The van der Waals surface area contributed by atoms with Gasteiger partial charge in [-0.05, 0) is 61.5 Å². The van der Waals surface area contributed by atoms with Gasteiger partial charge in [0, 0.05) is 0 Å². The van der Waals surface area contributed by atoms with Crippen molar-refractivity contribution in [3.8, 4) is 11.5 Å². The second-order valence-corrected chi connectivity index (χ2v) is 8.56. The Morgan fingerprint density at radius 1 is 0.654 bits per heavy atom. The van der Waals surface area contributed by atoms with Crippen LogP contribution in [0.4, 0.5) is 0 Å². The van der Waals surface area contributed by atoms with Gasteiger partial charge in [0.2, 0.25) is 0 Å². The summed E-state index contributed by atoms with van der Waals surface area (Å²) in [5.74, 6) is 2.63. The molecule has 4 aliphatic carbocycles. The van der Waals surface area contributed by atoms with E-state index in [0.717, 1.165) is 25.7 Å². The molecule has 26 heavy (non-hydrogen) atoms. The monoisotopic (exact) mass is 354 g/mol. The first-order valence-electron chi connectivity index (χ1n) is 10.3. The summed E-state index contributed by atoms with van der Waals surface area (Å²) in [6.07, 6.45) is 9.48. The first-order chi connectivity index (χ1) is 12.7. The Hall–Kier alpha value is -1.84. The molecule has 0 heterocycles. The molecule has 0 bridgehead atoms. The number of hydrogen-bond donors (Lipinski definition) is 0. The van der Waals surface area contributed by atoms with E-state index in [1.165, 1.54) is 25.7 Å². The van der Waals surface area contributed by atoms with Crippen LogP contribution in [0.5, 0.6) is 11.5 Å². The van der Waals surface area contributed by atoms with Crippen molar-refractivity contribution in [3.63, 3.8) is 0 Å². The first kappa shape index (κ1) is 16.3. The van der Waals surface area contributed by atoms with Crippen LogP contribution in [-0.2, 0) is 9.59 Å². The van der Waals surface area contributed by atoms with E-state index in [1.807, 2.05) is 12.1 Å². The summed E-state index contributed by atoms with van der Waals surface area (Å²) >= 11 is 0. The fourth-order valence-corrected chi connectivity index (χ4v) is 5.66. The number of rotatable bonds is 4. The maximum Gasteiger partial charge on any atom is 0.315 e. The summed E-state index contributed by atoms with van der Waals surface area (Å²) in [6.45, 7) is 0. The second kappa shape index (κ2) is 6.40. The number of fused-ring (bicyclic) bond motifs is 2. The largest absolute Gasteiger partial charge is 0.422 e. The van der Waals surface area contributed by atoms with E-state index >= 15 is 0 Å². The lowest BCUT2D eigenvalue weighted by Gasteiger charge is -2.10. The zero-order chi connectivity index (χ0) is 17.7. The molecule has 4 saturated carbocycles. The third-order valence-electron chi connectivity index (χ3n) is 7.13. The van der Waals surface area contributed by atoms with Gasteiger partial charge in [-0.1, -0.05) is 37.8 Å². The third kappa shape index (κ3) is 2.83. The zero-order valence-corrected chi connectivity index (χ0v) is 15.1. The fraction of sp³-hybridized carbons (Fsp3) is 0.636. The topological polar surface area (TPSA) is 52.6 Å². The highest BCUT2D eigenvalue weighted by Crippen LogP contribution is 2.57. The number of ether oxygens (including phenoxy) is 2. The Morgan fingerprint density at radius 2 is 1.00 bits per heavy atom. The summed E-state index contributed by atoms with van der Waals surface area (Å²) in [4.78, 5) is 25.1. The quantitative estimate of drug-likeness (QED) is 0.595. The number of para-hydroxylation sites is 2. The molecule has 6 atom stereocenters. The van der Waals surface area contributed by atoms with Gasteiger partial charge < -0.3 is 9.47 Å². The van der Waals surface area contributed by atoms with E-state index in [2.05, 4.69) is 0 Å². The van der Waals surface area contributed by atoms with Gasteiger partial charge in [0.25, 0.3) is 0 Å². The molecule has 5 rings (SSSR count). The average molecular weight is 354 g/mol. The number of carbonyl (C=O) groups excluding carboxylic acids is 2. The van der Waals surface area contributed by atoms with Crippen molar-refractivity contribution in [2.24, 2.45) is 35.5 Å². The van der Waals surface area contributed by atoms with Crippen LogP contribution in [0.15, 0.2) is 24.3 Å². The average Bonchev–Trinajstić information content (AvgIpc) is 3.55. The van der Waals surface area contributed by atoms with Crippen LogP contribution in [0.3, 0.4) is 0 Å². The summed E-state index contributed by atoms with van der Waals surface area (Å²) < 4.78 is 11.3. The SMILES string of the molecule is O=C(Oc1ccccc1OC(=O)C1[C@H]2CCCC[C@@H]12)C1[C@H]2CCCC[C@@H]12. The predicted octanol–water partition coefficient (Wildman–Crippen LogP) is 4.37. The Balaban J connectivity index is 1.24. The van der Waals surface area contributed by atoms with Gasteiger partial charge in [0.15, 0.2) is 11.5 Å². The number of hydrogen-bond acceptors (Lipinski definition) is 4. The first-order valence-corrected chi connectivity index (χ1v) is 10.3. The second-order valence-electron chi connectivity index (χ2n) is 8.56. The minimum Gasteiger partial charge on any atom is -0.422 e.